The Balaban J connectivity index is 1.36. The third kappa shape index (κ3) is 4.27. The average Bonchev–Trinajstić information content (AvgIpc) is 2.88. The molecule has 1 unspecified atom stereocenters. The van der Waals surface area contributed by atoms with E-state index in [2.05, 4.69) is 12.2 Å². The second-order valence-corrected chi connectivity index (χ2v) is 9.67. The number of nitrogens with one attached hydrogen (secondary N) is 1. The van der Waals surface area contributed by atoms with Crippen LogP contribution in [0.2, 0.25) is 5.02 Å². The number of likely N-dealkylation sites (tertiary alicyclic amines) is 1. The van der Waals surface area contributed by atoms with Gasteiger partial charge in [0, 0.05) is 29.5 Å². The number of urea groups is 1. The molecular formula is C28H27ClFN3O2. The van der Waals surface area contributed by atoms with Gasteiger partial charge in [0.05, 0.1) is 11.5 Å². The van der Waals surface area contributed by atoms with Crippen LogP contribution in [0, 0.1) is 11.2 Å². The van der Waals surface area contributed by atoms with E-state index < -0.39 is 5.41 Å². The van der Waals surface area contributed by atoms with E-state index in [-0.39, 0.29) is 23.8 Å². The Morgan fingerprint density at radius 2 is 1.77 bits per heavy atom. The van der Waals surface area contributed by atoms with E-state index in [1.54, 1.807) is 21.9 Å². The Morgan fingerprint density at radius 1 is 1.06 bits per heavy atom. The molecule has 3 aromatic carbocycles. The summed E-state index contributed by atoms with van der Waals surface area (Å²) in [7, 11) is 0. The predicted molar refractivity (Wildman–Crippen MR) is 136 cm³/mol. The molecule has 1 N–H and O–H groups in total. The van der Waals surface area contributed by atoms with Gasteiger partial charge < -0.3 is 15.1 Å². The molecule has 1 spiro atoms. The number of hydrogen-bond acceptors (Lipinski definition) is 2. The first kappa shape index (κ1) is 23.4. The van der Waals surface area contributed by atoms with Gasteiger partial charge in [0.2, 0.25) is 5.91 Å². The van der Waals surface area contributed by atoms with Crippen LogP contribution in [0.25, 0.3) is 0 Å². The summed E-state index contributed by atoms with van der Waals surface area (Å²) in [6.45, 7) is 3.00. The van der Waals surface area contributed by atoms with Gasteiger partial charge in [0.1, 0.15) is 5.82 Å². The highest BCUT2D eigenvalue weighted by atomic mass is 35.5. The predicted octanol–water partition coefficient (Wildman–Crippen LogP) is 6.44. The minimum Gasteiger partial charge on any atom is -0.324 e. The third-order valence-electron chi connectivity index (χ3n) is 7.23. The van der Waals surface area contributed by atoms with Crippen LogP contribution in [0.5, 0.6) is 0 Å². The molecule has 0 aliphatic carbocycles. The molecule has 3 aromatic rings. The molecule has 180 valence electrons. The number of β-lactam (4-membered cyclic amide) rings is 1. The van der Waals surface area contributed by atoms with Gasteiger partial charge in [-0.3, -0.25) is 4.79 Å². The van der Waals surface area contributed by atoms with Crippen molar-refractivity contribution in [3.63, 3.8) is 0 Å². The number of amides is 3. The molecule has 2 heterocycles. The lowest BCUT2D eigenvalue weighted by Gasteiger charge is -2.59. The number of aryl methyl sites for hydroxylation is 1. The van der Waals surface area contributed by atoms with Crippen LogP contribution in [-0.4, -0.2) is 29.9 Å². The summed E-state index contributed by atoms with van der Waals surface area (Å²) < 4.78 is 14.0. The fourth-order valence-corrected chi connectivity index (χ4v) is 5.45. The molecule has 0 bridgehead atoms. The molecule has 5 nitrogen and oxygen atoms in total. The highest BCUT2D eigenvalue weighted by Crippen LogP contribution is 2.57. The molecule has 5 rings (SSSR count). The quantitative estimate of drug-likeness (QED) is 0.427. The van der Waals surface area contributed by atoms with E-state index >= 15 is 0 Å². The second kappa shape index (κ2) is 9.34. The van der Waals surface area contributed by atoms with Crippen LogP contribution >= 0.6 is 11.6 Å². The van der Waals surface area contributed by atoms with E-state index in [4.69, 9.17) is 11.6 Å². The van der Waals surface area contributed by atoms with Crippen LogP contribution in [0.15, 0.2) is 72.8 Å². The maximum absolute atomic E-state index is 14.0. The molecule has 2 aliphatic heterocycles. The van der Waals surface area contributed by atoms with Crippen molar-refractivity contribution >= 4 is 34.9 Å². The zero-order chi connectivity index (χ0) is 24.6. The lowest BCUT2D eigenvalue weighted by Crippen LogP contribution is -2.67. The van der Waals surface area contributed by atoms with Crippen molar-refractivity contribution in [2.75, 3.05) is 23.3 Å². The minimum atomic E-state index is -0.640. The minimum absolute atomic E-state index is 0.0289. The van der Waals surface area contributed by atoms with Crippen LogP contribution < -0.4 is 10.2 Å². The van der Waals surface area contributed by atoms with Crippen LogP contribution in [-0.2, 0) is 11.2 Å². The molecule has 35 heavy (non-hydrogen) atoms. The summed E-state index contributed by atoms with van der Waals surface area (Å²) in [6, 6.07) is 21.0. The second-order valence-electron chi connectivity index (χ2n) is 9.24. The first-order valence-corrected chi connectivity index (χ1v) is 12.3. The van der Waals surface area contributed by atoms with Gasteiger partial charge >= 0.3 is 6.03 Å². The van der Waals surface area contributed by atoms with Gasteiger partial charge in [-0.2, -0.15) is 0 Å². The lowest BCUT2D eigenvalue weighted by molar-refractivity contribution is -0.144. The molecule has 0 saturated carbocycles. The number of carbonyl (C=O) groups is 2. The van der Waals surface area contributed by atoms with E-state index in [0.29, 0.717) is 36.6 Å². The Morgan fingerprint density at radius 3 is 2.46 bits per heavy atom. The standard InChI is InChI=1S/C28H27ClFN3O2/c1-2-19-5-3-7-23(17-19)31-27(35)32-15-13-28(14-16-32)25(20-9-11-21(29)12-10-20)33(26(28)34)24-8-4-6-22(30)18-24/h3-12,17-18,25H,2,13-16H2,1H3,(H,31,35). The third-order valence-corrected chi connectivity index (χ3v) is 7.48. The van der Waals surface area contributed by atoms with Crippen molar-refractivity contribution in [1.82, 2.24) is 4.90 Å². The van der Waals surface area contributed by atoms with Crippen molar-refractivity contribution in [2.24, 2.45) is 5.41 Å². The Hall–Kier alpha value is -3.38. The van der Waals surface area contributed by atoms with Crippen molar-refractivity contribution in [2.45, 2.75) is 32.2 Å². The van der Waals surface area contributed by atoms with Gasteiger partial charge in [0.25, 0.3) is 0 Å². The smallest absolute Gasteiger partial charge is 0.321 e. The number of benzene rings is 3. The number of halogens is 2. The zero-order valence-corrected chi connectivity index (χ0v) is 20.3. The average molecular weight is 492 g/mol. The molecule has 2 fully saturated rings. The fraction of sp³-hybridized carbons (Fsp3) is 0.286. The van der Waals surface area contributed by atoms with Crippen LogP contribution in [0.4, 0.5) is 20.6 Å². The van der Waals surface area contributed by atoms with Crippen LogP contribution in [0.1, 0.15) is 36.9 Å². The first-order chi connectivity index (χ1) is 16.9. The SMILES string of the molecule is CCc1cccc(NC(=O)N2CCC3(CC2)C(=O)N(c2cccc(F)c2)C3c2ccc(Cl)cc2)c1. The van der Waals surface area contributed by atoms with Gasteiger partial charge in [-0.1, -0.05) is 48.9 Å². The van der Waals surface area contributed by atoms with Gasteiger partial charge in [-0.15, -0.1) is 0 Å². The van der Waals surface area contributed by atoms with E-state index in [1.807, 2.05) is 48.5 Å². The largest absolute Gasteiger partial charge is 0.324 e. The van der Waals surface area contributed by atoms with Gasteiger partial charge in [-0.25, -0.2) is 9.18 Å². The molecule has 3 amide bonds. The summed E-state index contributed by atoms with van der Waals surface area (Å²) in [5.74, 6) is -0.413. The number of anilines is 2. The topological polar surface area (TPSA) is 52.7 Å². The maximum Gasteiger partial charge on any atom is 0.321 e. The molecule has 2 saturated heterocycles. The number of piperidine rings is 1. The normalized spacial score (nSPS) is 18.9. The number of carbonyl (C=O) groups excluding carboxylic acids is 2. The first-order valence-electron chi connectivity index (χ1n) is 11.9. The van der Waals surface area contributed by atoms with Crippen molar-refractivity contribution < 1.29 is 14.0 Å². The van der Waals surface area contributed by atoms with Crippen molar-refractivity contribution in [1.29, 1.82) is 0 Å². The summed E-state index contributed by atoms with van der Waals surface area (Å²) in [6.07, 6.45) is 1.96. The Kier molecular flexibility index (Phi) is 6.24. The molecular weight excluding hydrogens is 465 g/mol. The molecule has 0 radical (unpaired) electrons. The molecule has 1 atom stereocenters. The number of hydrogen-bond donors (Lipinski definition) is 1. The van der Waals surface area contributed by atoms with Gasteiger partial charge in [0.15, 0.2) is 0 Å². The number of nitrogens with zero attached hydrogens (tertiary/aromatic N) is 2. The molecule has 0 aromatic heterocycles. The lowest BCUT2D eigenvalue weighted by atomic mass is 9.62. The molecule has 2 aliphatic rings. The Bertz CT molecular complexity index is 1260. The van der Waals surface area contributed by atoms with Gasteiger partial charge in [-0.05, 0) is 72.9 Å². The summed E-state index contributed by atoms with van der Waals surface area (Å²) in [4.78, 5) is 30.0. The summed E-state index contributed by atoms with van der Waals surface area (Å²) >= 11 is 6.12. The number of rotatable bonds is 4. The fourth-order valence-electron chi connectivity index (χ4n) is 5.33. The monoisotopic (exact) mass is 491 g/mol. The van der Waals surface area contributed by atoms with E-state index in [1.165, 1.54) is 12.1 Å². The van der Waals surface area contributed by atoms with Crippen molar-refractivity contribution in [3.05, 3.63) is 94.8 Å². The summed E-state index contributed by atoms with van der Waals surface area (Å²) in [5, 5.41) is 3.60. The zero-order valence-electron chi connectivity index (χ0n) is 19.5. The van der Waals surface area contributed by atoms with Crippen LogP contribution in [0.3, 0.4) is 0 Å². The van der Waals surface area contributed by atoms with E-state index in [0.717, 1.165) is 23.2 Å². The maximum atomic E-state index is 14.0. The van der Waals surface area contributed by atoms with Crippen molar-refractivity contribution in [3.8, 4) is 0 Å². The molecule has 7 heteroatoms. The Labute approximate surface area is 209 Å². The summed E-state index contributed by atoms with van der Waals surface area (Å²) in [5.41, 5.74) is 2.78. The van der Waals surface area contributed by atoms with E-state index in [9.17, 15) is 14.0 Å². The highest BCUT2D eigenvalue weighted by Gasteiger charge is 2.62. The highest BCUT2D eigenvalue weighted by molar-refractivity contribution is 6.30.